The molecule has 1 unspecified atom stereocenters. The first kappa shape index (κ1) is 43.0. The molecule has 0 radical (unpaired) electrons. The number of aromatic nitrogens is 4. The zero-order valence-electron chi connectivity index (χ0n) is 33.8. The molecule has 0 saturated heterocycles. The van der Waals surface area contributed by atoms with Gasteiger partial charge in [0, 0.05) is 0 Å². The number of hydrogen-bond acceptors (Lipinski definition) is 10. The van der Waals surface area contributed by atoms with Crippen LogP contribution in [-0.2, 0) is 34.9 Å². The maximum Gasteiger partial charge on any atom is 0.326 e. The topological polar surface area (TPSA) is 173 Å². The number of hydrogen-bond donors (Lipinski definition) is 3. The molecular weight excluding hydrogens is 729 g/mol. The Bertz CT molecular complexity index is 1910. The number of carbonyl (C=O) groups is 2. The summed E-state index contributed by atoms with van der Waals surface area (Å²) in [5, 5.41) is 6.11. The highest BCUT2D eigenvalue weighted by molar-refractivity contribution is 7.59. The number of nitrogens with one attached hydrogen (secondary N) is 2. The van der Waals surface area contributed by atoms with Crippen LogP contribution in [0.1, 0.15) is 104 Å². The number of nitrogen functional groups attached to an aromatic ring is 1. The molecule has 2 aliphatic carbocycles. The van der Waals surface area contributed by atoms with E-state index in [-0.39, 0.29) is 24.4 Å². The van der Waals surface area contributed by atoms with Gasteiger partial charge in [-0.3, -0.25) is 14.2 Å². The van der Waals surface area contributed by atoms with Gasteiger partial charge in [-0.1, -0.05) is 66.8 Å². The summed E-state index contributed by atoms with van der Waals surface area (Å²) in [4.78, 5) is 40.1. The lowest BCUT2D eigenvalue weighted by atomic mass is 9.82. The Hall–Kier alpha value is -4.16. The minimum Gasteiger partial charge on any atom is -0.461 e. The molecule has 4 N–H and O–H groups in total. The van der Waals surface area contributed by atoms with Gasteiger partial charge in [0.05, 0.1) is 19.0 Å². The van der Waals surface area contributed by atoms with E-state index in [1.807, 2.05) is 56.4 Å². The highest BCUT2D eigenvalue weighted by atomic mass is 31.2. The molecule has 56 heavy (non-hydrogen) atoms. The Balaban J connectivity index is 1.24. The van der Waals surface area contributed by atoms with Gasteiger partial charge >= 0.3 is 11.9 Å². The van der Waals surface area contributed by atoms with Crippen LogP contribution in [0.2, 0.25) is 0 Å². The summed E-state index contributed by atoms with van der Waals surface area (Å²) in [7, 11) is -3.88. The molecule has 0 amide bonds. The normalized spacial score (nSPS) is 22.5. The van der Waals surface area contributed by atoms with Crippen molar-refractivity contribution < 1.29 is 28.4 Å². The number of benzene rings is 1. The van der Waals surface area contributed by atoms with E-state index >= 15 is 0 Å². The van der Waals surface area contributed by atoms with Crippen molar-refractivity contribution in [2.45, 2.75) is 135 Å². The second kappa shape index (κ2) is 18.9. The molecule has 3 aromatic rings. The highest BCUT2D eigenvalue weighted by Gasteiger charge is 2.44. The monoisotopic (exact) mass is 789 g/mol. The molecule has 304 valence electrons. The smallest absolute Gasteiger partial charge is 0.326 e. The molecule has 2 saturated carbocycles. The highest BCUT2D eigenvalue weighted by Crippen LogP contribution is 2.43. The van der Waals surface area contributed by atoms with E-state index in [0.29, 0.717) is 42.4 Å². The van der Waals surface area contributed by atoms with Crippen LogP contribution < -0.4 is 15.9 Å². The number of rotatable bonds is 17. The standard InChI is InChI=1S/C42H60N7O6P/c1-8-9-11-14-29(2)31-17-21-34(22-18-31)54-39(50)41(4,5)47-56(52,28-53-30(3)25-49-27-46-36-37(43)44-26-45-38(36)49)48-42(6,7)40(51)55-35-23-19-33(20-24-35)32-15-12-10-13-16-32/h8-16,26-27,30-31,33-35H,2,17-25,28H2,1,3-7H3,(H2,43,44,45)(H2,47,48,52)/b9-8-,14-11-/t30-,31?,33?,34?,35?,56?/m1/s1. The van der Waals surface area contributed by atoms with Crippen LogP contribution in [0.5, 0.6) is 0 Å². The molecule has 5 rings (SSSR count). The summed E-state index contributed by atoms with van der Waals surface area (Å²) < 4.78 is 35.0. The summed E-state index contributed by atoms with van der Waals surface area (Å²) >= 11 is 0. The van der Waals surface area contributed by atoms with E-state index in [4.69, 9.17) is 19.9 Å². The van der Waals surface area contributed by atoms with Crippen LogP contribution >= 0.6 is 7.44 Å². The fourth-order valence-corrected chi connectivity index (χ4v) is 10.1. The summed E-state index contributed by atoms with van der Waals surface area (Å²) in [6.45, 7) is 14.9. The van der Waals surface area contributed by atoms with Crippen LogP contribution in [-0.4, -0.2) is 67.2 Å². The summed E-state index contributed by atoms with van der Waals surface area (Å²) in [5.41, 5.74) is 6.55. The zero-order chi connectivity index (χ0) is 40.5. The molecule has 2 heterocycles. The number of ether oxygens (including phenoxy) is 3. The predicted octanol–water partition coefficient (Wildman–Crippen LogP) is 7.76. The number of fused-ring (bicyclic) bond motifs is 1. The Morgan fingerprint density at radius 3 is 2.11 bits per heavy atom. The van der Waals surface area contributed by atoms with Crippen LogP contribution in [0.15, 0.2) is 79.4 Å². The zero-order valence-corrected chi connectivity index (χ0v) is 34.7. The third-order valence-electron chi connectivity index (χ3n) is 10.7. The number of nitrogens with two attached hydrogens (primary N) is 1. The Morgan fingerprint density at radius 2 is 1.52 bits per heavy atom. The van der Waals surface area contributed by atoms with Crippen molar-refractivity contribution in [3.05, 3.63) is 85.0 Å². The van der Waals surface area contributed by atoms with Crippen LogP contribution in [0, 0.1) is 5.92 Å². The maximum atomic E-state index is 15.0. The van der Waals surface area contributed by atoms with Gasteiger partial charge in [-0.25, -0.2) is 25.1 Å². The molecule has 0 bridgehead atoms. The fourth-order valence-electron chi connectivity index (χ4n) is 7.50. The van der Waals surface area contributed by atoms with Gasteiger partial charge in [0.2, 0.25) is 7.44 Å². The number of carbonyl (C=O) groups excluding carboxylic acids is 2. The maximum absolute atomic E-state index is 15.0. The average Bonchev–Trinajstić information content (AvgIpc) is 3.58. The Labute approximate surface area is 331 Å². The molecule has 2 aromatic heterocycles. The third-order valence-corrected chi connectivity index (χ3v) is 13.0. The average molecular weight is 790 g/mol. The van der Waals surface area contributed by atoms with Gasteiger partial charge in [-0.15, -0.1) is 0 Å². The second-order valence-electron chi connectivity index (χ2n) is 16.3. The predicted molar refractivity (Wildman–Crippen MR) is 220 cm³/mol. The van der Waals surface area contributed by atoms with Crippen molar-refractivity contribution in [1.29, 1.82) is 0 Å². The summed E-state index contributed by atoms with van der Waals surface area (Å²) in [6, 6.07) is 10.4. The fraction of sp³-hybridized carbons (Fsp3) is 0.548. The number of esters is 2. The molecule has 13 nitrogen and oxygen atoms in total. The molecule has 14 heteroatoms. The van der Waals surface area contributed by atoms with Gasteiger partial charge in [-0.2, -0.15) is 0 Å². The molecule has 0 aliphatic heterocycles. The van der Waals surface area contributed by atoms with Gasteiger partial charge in [0.1, 0.15) is 41.5 Å². The summed E-state index contributed by atoms with van der Waals surface area (Å²) in [5.74, 6) is -0.0545. The quantitative estimate of drug-likeness (QED) is 0.0691. The minimum absolute atomic E-state index is 0.252. The van der Waals surface area contributed by atoms with E-state index in [1.165, 1.54) is 11.9 Å². The lowest BCUT2D eigenvalue weighted by molar-refractivity contribution is -0.157. The lowest BCUT2D eigenvalue weighted by Gasteiger charge is -2.37. The molecule has 2 atom stereocenters. The van der Waals surface area contributed by atoms with Crippen molar-refractivity contribution in [2.24, 2.45) is 5.92 Å². The van der Waals surface area contributed by atoms with Crippen molar-refractivity contribution in [1.82, 2.24) is 29.7 Å². The number of imidazole rings is 1. The van der Waals surface area contributed by atoms with Crippen LogP contribution in [0.25, 0.3) is 11.2 Å². The third kappa shape index (κ3) is 11.5. The molecule has 1 aromatic carbocycles. The van der Waals surface area contributed by atoms with Crippen molar-refractivity contribution in [3.8, 4) is 0 Å². The number of allylic oxidation sites excluding steroid dienone is 5. The molecule has 2 aliphatic rings. The van der Waals surface area contributed by atoms with E-state index in [2.05, 4.69) is 43.8 Å². The lowest BCUT2D eigenvalue weighted by Crippen LogP contribution is -2.54. The SMILES string of the molecule is C=C(/C=C\C=C/C)C1CCC(OC(=O)C(C)(C)NP(=O)(CO[C@H](C)Cn2cnc3c(N)ncnc32)NC(C)(C)C(=O)OC2CCC(c3ccccc3)CC2)CC1. The van der Waals surface area contributed by atoms with Gasteiger partial charge in [-0.05, 0) is 110 Å². The second-order valence-corrected chi connectivity index (χ2v) is 18.5. The first-order valence-electron chi connectivity index (χ1n) is 19.7. The largest absolute Gasteiger partial charge is 0.461 e. The number of nitrogens with zero attached hydrogens (tertiary/aromatic N) is 4. The summed E-state index contributed by atoms with van der Waals surface area (Å²) in [6.07, 6.45) is 16.0. The first-order chi connectivity index (χ1) is 26.6. The van der Waals surface area contributed by atoms with Gasteiger partial charge in [0.15, 0.2) is 11.5 Å². The van der Waals surface area contributed by atoms with Crippen molar-refractivity contribution in [3.63, 3.8) is 0 Å². The Kier molecular flexibility index (Phi) is 14.5. The van der Waals surface area contributed by atoms with Gasteiger partial charge < -0.3 is 24.5 Å². The van der Waals surface area contributed by atoms with Crippen molar-refractivity contribution in [2.75, 3.05) is 12.1 Å². The van der Waals surface area contributed by atoms with Crippen LogP contribution in [0.3, 0.4) is 0 Å². The van der Waals surface area contributed by atoms with Crippen molar-refractivity contribution >= 4 is 36.4 Å². The van der Waals surface area contributed by atoms with E-state index < -0.39 is 36.6 Å². The van der Waals surface area contributed by atoms with E-state index in [9.17, 15) is 14.2 Å². The molecule has 0 spiro atoms. The minimum atomic E-state index is -3.88. The van der Waals surface area contributed by atoms with Crippen LogP contribution in [0.4, 0.5) is 5.82 Å². The molecule has 2 fully saturated rings. The van der Waals surface area contributed by atoms with E-state index in [0.717, 1.165) is 44.1 Å². The number of anilines is 1. The van der Waals surface area contributed by atoms with Gasteiger partial charge in [0.25, 0.3) is 0 Å². The molecular formula is C42H60N7O6P. The Morgan fingerprint density at radius 1 is 0.929 bits per heavy atom. The first-order valence-corrected chi connectivity index (χ1v) is 21.6. The van der Waals surface area contributed by atoms with E-state index in [1.54, 1.807) is 38.6 Å².